The molecule has 3 amide bonds. The second kappa shape index (κ2) is 9.42. The van der Waals surface area contributed by atoms with Crippen molar-refractivity contribution in [1.82, 2.24) is 10.6 Å². The molecule has 0 aliphatic heterocycles. The van der Waals surface area contributed by atoms with E-state index in [0.29, 0.717) is 11.8 Å². The summed E-state index contributed by atoms with van der Waals surface area (Å²) in [7, 11) is 0. The van der Waals surface area contributed by atoms with Gasteiger partial charge in [-0.1, -0.05) is 52.0 Å². The first kappa shape index (κ1) is 20.2. The third-order valence-electron chi connectivity index (χ3n) is 3.94. The molecular weight excluding hydrogens is 302 g/mol. The van der Waals surface area contributed by atoms with Gasteiger partial charge in [-0.3, -0.25) is 10.1 Å². The van der Waals surface area contributed by atoms with E-state index >= 15 is 0 Å². The molecule has 1 rings (SSSR count). The van der Waals surface area contributed by atoms with Gasteiger partial charge in [0.15, 0.2) is 6.54 Å². The molecule has 0 unspecified atom stereocenters. The van der Waals surface area contributed by atoms with Crippen molar-refractivity contribution in [3.05, 3.63) is 35.4 Å². The Balaban J connectivity index is 2.63. The Morgan fingerprint density at radius 2 is 1.50 bits per heavy atom. The van der Waals surface area contributed by atoms with E-state index in [0.717, 1.165) is 0 Å². The molecule has 0 saturated carbocycles. The van der Waals surface area contributed by atoms with E-state index in [2.05, 4.69) is 62.6 Å². The number of hydrogen-bond acceptors (Lipinski definition) is 2. The zero-order valence-electron chi connectivity index (χ0n) is 15.7. The fourth-order valence-electron chi connectivity index (χ4n) is 2.61. The van der Waals surface area contributed by atoms with Gasteiger partial charge in [-0.15, -0.1) is 0 Å². The third-order valence-corrected chi connectivity index (χ3v) is 3.94. The van der Waals surface area contributed by atoms with Gasteiger partial charge in [-0.05, 0) is 25.3 Å². The number of amides is 3. The molecule has 0 aliphatic rings. The Bertz CT molecular complexity index is 536. The smallest absolute Gasteiger partial charge is 0.321 e. The van der Waals surface area contributed by atoms with Crippen molar-refractivity contribution >= 4 is 11.9 Å². The summed E-state index contributed by atoms with van der Waals surface area (Å²) in [6.07, 6.45) is 0. The van der Waals surface area contributed by atoms with Gasteiger partial charge in [-0.25, -0.2) is 4.79 Å². The monoisotopic (exact) mass is 334 g/mol. The molecule has 1 atom stereocenters. The molecule has 1 aromatic carbocycles. The van der Waals surface area contributed by atoms with E-state index in [-0.39, 0.29) is 24.5 Å². The Hall–Kier alpha value is -1.88. The van der Waals surface area contributed by atoms with Crippen LogP contribution in [-0.2, 0) is 4.79 Å². The lowest BCUT2D eigenvalue weighted by Gasteiger charge is -2.20. The van der Waals surface area contributed by atoms with E-state index < -0.39 is 6.03 Å². The van der Waals surface area contributed by atoms with Crippen LogP contribution in [0.1, 0.15) is 64.6 Å². The molecule has 1 aromatic rings. The molecule has 5 heteroatoms. The summed E-state index contributed by atoms with van der Waals surface area (Å²) in [5, 5.41) is 7.00. The first-order chi connectivity index (χ1) is 11.2. The lowest BCUT2D eigenvalue weighted by molar-refractivity contribution is -0.692. The molecule has 0 aromatic heterocycles. The number of rotatable bonds is 7. The highest BCUT2D eigenvalue weighted by atomic mass is 16.2. The van der Waals surface area contributed by atoms with Gasteiger partial charge in [0.2, 0.25) is 0 Å². The maximum Gasteiger partial charge on any atom is 0.321 e. The average Bonchev–Trinajstić information content (AvgIpc) is 2.46. The van der Waals surface area contributed by atoms with Gasteiger partial charge < -0.3 is 10.6 Å². The van der Waals surface area contributed by atoms with Crippen molar-refractivity contribution in [2.45, 2.75) is 59.5 Å². The molecule has 5 nitrogen and oxygen atoms in total. The van der Waals surface area contributed by atoms with Crippen LogP contribution in [0.4, 0.5) is 4.79 Å². The van der Waals surface area contributed by atoms with Crippen LogP contribution in [-0.4, -0.2) is 24.5 Å². The molecule has 0 spiro atoms. The molecule has 0 bridgehead atoms. The summed E-state index contributed by atoms with van der Waals surface area (Å²) in [4.78, 5) is 23.5. The van der Waals surface area contributed by atoms with E-state index in [1.165, 1.54) is 11.1 Å². The minimum Gasteiger partial charge on any atom is -0.336 e. The Morgan fingerprint density at radius 1 is 0.958 bits per heavy atom. The SMILES string of the molecule is CC(C)NC(=O)NC(=O)C[NH2+][C@H](c1ccc(C(C)C)cc1)C(C)C. The van der Waals surface area contributed by atoms with Gasteiger partial charge in [0.1, 0.15) is 6.04 Å². The Morgan fingerprint density at radius 3 is 1.96 bits per heavy atom. The number of hydrogen-bond donors (Lipinski definition) is 3. The predicted octanol–water partition coefficient (Wildman–Crippen LogP) is 2.30. The minimum absolute atomic E-state index is 0.00432. The van der Waals surface area contributed by atoms with Crippen LogP contribution in [0.25, 0.3) is 0 Å². The highest BCUT2D eigenvalue weighted by Crippen LogP contribution is 2.21. The average molecular weight is 334 g/mol. The predicted molar refractivity (Wildman–Crippen MR) is 96.7 cm³/mol. The van der Waals surface area contributed by atoms with Crippen molar-refractivity contribution < 1.29 is 14.9 Å². The number of urea groups is 1. The van der Waals surface area contributed by atoms with Crippen LogP contribution in [0.2, 0.25) is 0 Å². The van der Waals surface area contributed by atoms with E-state index in [4.69, 9.17) is 0 Å². The molecule has 134 valence electrons. The zero-order valence-corrected chi connectivity index (χ0v) is 15.7. The third kappa shape index (κ3) is 6.71. The van der Waals surface area contributed by atoms with Gasteiger partial charge in [0.25, 0.3) is 5.91 Å². The summed E-state index contributed by atoms with van der Waals surface area (Å²) in [5.74, 6) is 0.607. The number of benzene rings is 1. The van der Waals surface area contributed by atoms with Crippen molar-refractivity contribution in [1.29, 1.82) is 0 Å². The topological polar surface area (TPSA) is 74.8 Å². The number of nitrogens with two attached hydrogens (primary N) is 1. The lowest BCUT2D eigenvalue weighted by atomic mass is 9.93. The molecule has 0 aliphatic carbocycles. The largest absolute Gasteiger partial charge is 0.336 e. The fourth-order valence-corrected chi connectivity index (χ4v) is 2.61. The molecule has 0 radical (unpaired) electrons. The van der Waals surface area contributed by atoms with Crippen molar-refractivity contribution in [3.63, 3.8) is 0 Å². The zero-order chi connectivity index (χ0) is 18.3. The summed E-state index contributed by atoms with van der Waals surface area (Å²) in [6, 6.07) is 8.33. The minimum atomic E-state index is -0.439. The number of quaternary nitrogens is 1. The van der Waals surface area contributed by atoms with Crippen LogP contribution >= 0.6 is 0 Å². The number of carbonyl (C=O) groups is 2. The highest BCUT2D eigenvalue weighted by molar-refractivity contribution is 5.94. The summed E-state index contributed by atoms with van der Waals surface area (Å²) < 4.78 is 0. The number of carbonyl (C=O) groups excluding carboxylic acids is 2. The van der Waals surface area contributed by atoms with Crippen molar-refractivity contribution in [2.24, 2.45) is 5.92 Å². The summed E-state index contributed by atoms with van der Waals surface area (Å²) in [5.41, 5.74) is 2.51. The fraction of sp³-hybridized carbons (Fsp3) is 0.579. The van der Waals surface area contributed by atoms with Gasteiger partial charge in [0, 0.05) is 17.5 Å². The maximum absolute atomic E-state index is 11.9. The van der Waals surface area contributed by atoms with Crippen LogP contribution < -0.4 is 16.0 Å². The molecule has 4 N–H and O–H groups in total. The molecule has 0 heterocycles. The van der Waals surface area contributed by atoms with Crippen LogP contribution in [0.15, 0.2) is 24.3 Å². The van der Waals surface area contributed by atoms with Gasteiger partial charge in [-0.2, -0.15) is 0 Å². The normalized spacial score (nSPS) is 12.5. The van der Waals surface area contributed by atoms with Gasteiger partial charge in [0.05, 0.1) is 0 Å². The quantitative estimate of drug-likeness (QED) is 0.716. The second-order valence-corrected chi connectivity index (χ2v) is 7.21. The molecule has 0 saturated heterocycles. The van der Waals surface area contributed by atoms with Crippen molar-refractivity contribution in [3.8, 4) is 0 Å². The Kier molecular flexibility index (Phi) is 7.92. The van der Waals surface area contributed by atoms with E-state index in [1.54, 1.807) is 0 Å². The summed E-state index contributed by atoms with van der Waals surface area (Å²) in [6.45, 7) is 12.6. The standard InChI is InChI=1S/C19H31N3O2/c1-12(2)15-7-9-16(10-8-15)18(13(3)4)20-11-17(23)22-19(24)21-14(5)6/h7-10,12-14,18,20H,11H2,1-6H3,(H2,21,22,23,24)/p+1/t18-/m0/s1. The van der Waals surface area contributed by atoms with E-state index in [9.17, 15) is 9.59 Å². The molecular formula is C19H32N3O2+. The second-order valence-electron chi connectivity index (χ2n) is 7.21. The van der Waals surface area contributed by atoms with Crippen LogP contribution in [0, 0.1) is 5.92 Å². The maximum atomic E-state index is 11.9. The highest BCUT2D eigenvalue weighted by Gasteiger charge is 2.21. The van der Waals surface area contributed by atoms with E-state index in [1.807, 2.05) is 19.2 Å². The lowest BCUT2D eigenvalue weighted by Crippen LogP contribution is -2.88. The summed E-state index contributed by atoms with van der Waals surface area (Å²) >= 11 is 0. The van der Waals surface area contributed by atoms with Crippen molar-refractivity contribution in [2.75, 3.05) is 6.54 Å². The first-order valence-electron chi connectivity index (χ1n) is 8.74. The Labute approximate surface area is 145 Å². The van der Waals surface area contributed by atoms with Gasteiger partial charge >= 0.3 is 6.03 Å². The molecule has 0 fully saturated rings. The number of imide groups is 1. The first-order valence-corrected chi connectivity index (χ1v) is 8.74. The van der Waals surface area contributed by atoms with Crippen LogP contribution in [0.5, 0.6) is 0 Å². The number of nitrogens with one attached hydrogen (secondary N) is 2. The molecule has 24 heavy (non-hydrogen) atoms. The van der Waals surface area contributed by atoms with Crippen LogP contribution in [0.3, 0.4) is 0 Å².